The third-order valence-corrected chi connectivity index (χ3v) is 4.30. The predicted octanol–water partition coefficient (Wildman–Crippen LogP) is 4.04. The summed E-state index contributed by atoms with van der Waals surface area (Å²) in [6.45, 7) is 0.251. The molecule has 3 N–H and O–H groups in total. The van der Waals surface area contributed by atoms with Crippen LogP contribution < -0.4 is 11.1 Å². The van der Waals surface area contributed by atoms with Crippen LogP contribution in [-0.2, 0) is 12.7 Å². The zero-order chi connectivity index (χ0) is 15.6. The van der Waals surface area contributed by atoms with Gasteiger partial charge < -0.3 is 11.1 Å². The normalized spacial score (nSPS) is 11.4. The van der Waals surface area contributed by atoms with Gasteiger partial charge in [-0.2, -0.15) is 13.2 Å². The van der Waals surface area contributed by atoms with E-state index in [1.54, 1.807) is 0 Å². The van der Waals surface area contributed by atoms with Gasteiger partial charge in [-0.3, -0.25) is 4.79 Å². The standard InChI is InChI=1S/C13H10BrF3N2OS/c14-11-4-2-8(21-11)6-19-12(20)7-1-3-10(18)9(5-7)13(15,16)17/h1-5H,6,18H2,(H,19,20). The number of nitrogen functional groups attached to an aromatic ring is 1. The summed E-state index contributed by atoms with van der Waals surface area (Å²) in [4.78, 5) is 12.8. The number of alkyl halides is 3. The number of anilines is 1. The van der Waals surface area contributed by atoms with Gasteiger partial charge in [-0.15, -0.1) is 11.3 Å². The lowest BCUT2D eigenvalue weighted by Crippen LogP contribution is -2.23. The predicted molar refractivity (Wildman–Crippen MR) is 79.0 cm³/mol. The van der Waals surface area contributed by atoms with E-state index in [2.05, 4.69) is 21.2 Å². The Hall–Kier alpha value is -1.54. The summed E-state index contributed by atoms with van der Waals surface area (Å²) in [6.07, 6.45) is -4.58. The van der Waals surface area contributed by atoms with Crippen LogP contribution in [0.3, 0.4) is 0 Å². The fraction of sp³-hybridized carbons (Fsp3) is 0.154. The number of carbonyl (C=O) groups excluding carboxylic acids is 1. The second kappa shape index (κ2) is 6.07. The average molecular weight is 379 g/mol. The van der Waals surface area contributed by atoms with Crippen LogP contribution in [-0.4, -0.2) is 5.91 Å². The Morgan fingerprint density at radius 1 is 1.29 bits per heavy atom. The molecule has 1 heterocycles. The number of hydrogen-bond acceptors (Lipinski definition) is 3. The number of benzene rings is 1. The number of thiophene rings is 1. The highest BCUT2D eigenvalue weighted by molar-refractivity contribution is 9.11. The van der Waals surface area contributed by atoms with Crippen molar-refractivity contribution >= 4 is 38.9 Å². The van der Waals surface area contributed by atoms with Crippen LogP contribution in [0.5, 0.6) is 0 Å². The third kappa shape index (κ3) is 3.98. The van der Waals surface area contributed by atoms with Crippen molar-refractivity contribution in [1.82, 2.24) is 5.32 Å². The lowest BCUT2D eigenvalue weighted by atomic mass is 10.1. The number of carbonyl (C=O) groups is 1. The SMILES string of the molecule is Nc1ccc(C(=O)NCc2ccc(Br)s2)cc1C(F)(F)F. The molecule has 1 aromatic heterocycles. The highest BCUT2D eigenvalue weighted by Crippen LogP contribution is 2.34. The zero-order valence-corrected chi connectivity index (χ0v) is 12.9. The van der Waals surface area contributed by atoms with E-state index >= 15 is 0 Å². The van der Waals surface area contributed by atoms with Gasteiger partial charge in [0.15, 0.2) is 0 Å². The molecule has 2 rings (SSSR count). The number of rotatable bonds is 3. The van der Waals surface area contributed by atoms with Crippen molar-refractivity contribution < 1.29 is 18.0 Å². The summed E-state index contributed by atoms with van der Waals surface area (Å²) in [5, 5.41) is 2.57. The van der Waals surface area contributed by atoms with Crippen molar-refractivity contribution in [2.45, 2.75) is 12.7 Å². The van der Waals surface area contributed by atoms with Crippen LogP contribution in [0.25, 0.3) is 0 Å². The van der Waals surface area contributed by atoms with E-state index in [9.17, 15) is 18.0 Å². The van der Waals surface area contributed by atoms with Crippen LogP contribution in [0.1, 0.15) is 20.8 Å². The molecule has 0 fully saturated rings. The molecule has 1 amide bonds. The van der Waals surface area contributed by atoms with E-state index in [0.29, 0.717) is 0 Å². The van der Waals surface area contributed by atoms with Crippen molar-refractivity contribution in [1.29, 1.82) is 0 Å². The summed E-state index contributed by atoms with van der Waals surface area (Å²) < 4.78 is 39.1. The monoisotopic (exact) mass is 378 g/mol. The molecular weight excluding hydrogens is 369 g/mol. The van der Waals surface area contributed by atoms with E-state index in [-0.39, 0.29) is 12.1 Å². The zero-order valence-electron chi connectivity index (χ0n) is 10.5. The molecule has 0 radical (unpaired) electrons. The van der Waals surface area contributed by atoms with E-state index < -0.39 is 23.3 Å². The lowest BCUT2D eigenvalue weighted by Gasteiger charge is -2.11. The maximum atomic E-state index is 12.7. The first-order chi connectivity index (χ1) is 9.77. The largest absolute Gasteiger partial charge is 0.418 e. The minimum Gasteiger partial charge on any atom is -0.398 e. The van der Waals surface area contributed by atoms with Gasteiger partial charge in [0.1, 0.15) is 0 Å². The van der Waals surface area contributed by atoms with Crippen molar-refractivity contribution in [3.05, 3.63) is 50.1 Å². The quantitative estimate of drug-likeness (QED) is 0.791. The summed E-state index contributed by atoms with van der Waals surface area (Å²) in [5.74, 6) is -0.579. The number of amides is 1. The Morgan fingerprint density at radius 3 is 2.57 bits per heavy atom. The molecule has 0 aliphatic heterocycles. The Kier molecular flexibility index (Phi) is 4.58. The molecule has 0 atom stereocenters. The summed E-state index contributed by atoms with van der Waals surface area (Å²) in [7, 11) is 0. The Morgan fingerprint density at radius 2 is 2.00 bits per heavy atom. The first-order valence-corrected chi connectivity index (χ1v) is 7.37. The number of nitrogens with one attached hydrogen (secondary N) is 1. The van der Waals surface area contributed by atoms with Crippen LogP contribution in [0.2, 0.25) is 0 Å². The summed E-state index contributed by atoms with van der Waals surface area (Å²) in [5.41, 5.74) is 3.80. The topological polar surface area (TPSA) is 55.1 Å². The molecule has 1 aromatic carbocycles. The Balaban J connectivity index is 2.12. The van der Waals surface area contributed by atoms with Crippen molar-refractivity contribution in [3.8, 4) is 0 Å². The van der Waals surface area contributed by atoms with Gasteiger partial charge in [0.25, 0.3) is 5.91 Å². The third-order valence-electron chi connectivity index (χ3n) is 2.67. The van der Waals surface area contributed by atoms with E-state index in [1.165, 1.54) is 17.4 Å². The molecule has 2 aromatic rings. The van der Waals surface area contributed by atoms with E-state index in [4.69, 9.17) is 5.73 Å². The van der Waals surface area contributed by atoms with Gasteiger partial charge in [-0.25, -0.2) is 0 Å². The highest BCUT2D eigenvalue weighted by atomic mass is 79.9. The maximum Gasteiger partial charge on any atom is 0.418 e. The molecule has 0 saturated heterocycles. The van der Waals surface area contributed by atoms with Crippen LogP contribution >= 0.6 is 27.3 Å². The van der Waals surface area contributed by atoms with E-state index in [0.717, 1.165) is 20.8 Å². The number of hydrogen-bond donors (Lipinski definition) is 2. The molecule has 21 heavy (non-hydrogen) atoms. The molecular formula is C13H10BrF3N2OS. The van der Waals surface area contributed by atoms with Crippen LogP contribution in [0, 0.1) is 0 Å². The fourth-order valence-electron chi connectivity index (χ4n) is 1.66. The Bertz CT molecular complexity index is 670. The molecule has 0 saturated carbocycles. The fourth-order valence-corrected chi connectivity index (χ4v) is 3.08. The second-order valence-corrected chi connectivity index (χ2v) is 6.74. The smallest absolute Gasteiger partial charge is 0.398 e. The molecule has 0 unspecified atom stereocenters. The molecule has 3 nitrogen and oxygen atoms in total. The molecule has 8 heteroatoms. The van der Waals surface area contributed by atoms with Gasteiger partial charge in [0, 0.05) is 16.1 Å². The number of nitrogens with two attached hydrogens (primary N) is 1. The highest BCUT2D eigenvalue weighted by Gasteiger charge is 2.33. The average Bonchev–Trinajstić information content (AvgIpc) is 2.81. The van der Waals surface area contributed by atoms with Crippen molar-refractivity contribution in [3.63, 3.8) is 0 Å². The lowest BCUT2D eigenvalue weighted by molar-refractivity contribution is -0.136. The minimum absolute atomic E-state index is 0.0767. The first-order valence-electron chi connectivity index (χ1n) is 5.76. The molecule has 112 valence electrons. The van der Waals surface area contributed by atoms with E-state index in [1.807, 2.05) is 12.1 Å². The van der Waals surface area contributed by atoms with Gasteiger partial charge in [-0.1, -0.05) is 0 Å². The van der Waals surface area contributed by atoms with Crippen LogP contribution in [0.4, 0.5) is 18.9 Å². The molecule has 0 aliphatic carbocycles. The maximum absolute atomic E-state index is 12.7. The van der Waals surface area contributed by atoms with Crippen molar-refractivity contribution in [2.24, 2.45) is 0 Å². The summed E-state index contributed by atoms with van der Waals surface area (Å²) in [6, 6.07) is 6.76. The van der Waals surface area contributed by atoms with Crippen molar-refractivity contribution in [2.75, 3.05) is 5.73 Å². The first kappa shape index (κ1) is 15.8. The number of halogens is 4. The molecule has 0 bridgehead atoms. The molecule has 0 spiro atoms. The minimum atomic E-state index is -4.58. The van der Waals surface area contributed by atoms with Gasteiger partial charge >= 0.3 is 6.18 Å². The van der Waals surface area contributed by atoms with Gasteiger partial charge in [0.2, 0.25) is 0 Å². The Labute approximate surface area is 131 Å². The van der Waals surface area contributed by atoms with Crippen LogP contribution in [0.15, 0.2) is 34.1 Å². The van der Waals surface area contributed by atoms with Gasteiger partial charge in [0.05, 0.1) is 15.9 Å². The molecule has 0 aliphatic rings. The second-order valence-electron chi connectivity index (χ2n) is 4.19. The summed E-state index contributed by atoms with van der Waals surface area (Å²) >= 11 is 4.73. The van der Waals surface area contributed by atoms with Gasteiger partial charge in [-0.05, 0) is 46.3 Å².